The van der Waals surface area contributed by atoms with E-state index in [4.69, 9.17) is 4.74 Å². The number of aryl methyl sites for hydroxylation is 1. The van der Waals surface area contributed by atoms with Crippen molar-refractivity contribution in [3.8, 4) is 0 Å². The third-order valence-corrected chi connectivity index (χ3v) is 1.83. The van der Waals surface area contributed by atoms with E-state index < -0.39 is 0 Å². The molecule has 12 heavy (non-hydrogen) atoms. The number of aromatic nitrogens is 2. The van der Waals surface area contributed by atoms with Crippen LogP contribution in [0.2, 0.25) is 0 Å². The smallest absolute Gasteiger partial charge is 0.415 e. The topological polar surface area (TPSA) is 47.4 Å². The molecule has 5 nitrogen and oxygen atoms in total. The Morgan fingerprint density at radius 2 is 2.50 bits per heavy atom. The maximum Gasteiger partial charge on any atom is 0.415 e. The van der Waals surface area contributed by atoms with E-state index in [1.807, 2.05) is 7.05 Å². The van der Waals surface area contributed by atoms with Crippen molar-refractivity contribution in [3.05, 3.63) is 12.5 Å². The predicted molar refractivity (Wildman–Crippen MR) is 41.9 cm³/mol. The molecule has 1 aliphatic heterocycles. The first-order chi connectivity index (χ1) is 5.79. The van der Waals surface area contributed by atoms with Crippen molar-refractivity contribution in [2.24, 2.45) is 7.05 Å². The van der Waals surface area contributed by atoms with Crippen molar-refractivity contribution in [3.63, 3.8) is 0 Å². The molecule has 0 aromatic carbocycles. The maximum atomic E-state index is 11.1. The summed E-state index contributed by atoms with van der Waals surface area (Å²) in [6, 6.07) is 0. The molecule has 1 aromatic rings. The van der Waals surface area contributed by atoms with Gasteiger partial charge < -0.3 is 9.30 Å². The highest BCUT2D eigenvalue weighted by Gasteiger charge is 2.25. The lowest BCUT2D eigenvalue weighted by Gasteiger charge is -2.11. The van der Waals surface area contributed by atoms with E-state index in [2.05, 4.69) is 4.98 Å². The Labute approximate surface area is 69.6 Å². The van der Waals surface area contributed by atoms with Gasteiger partial charge in [-0.25, -0.2) is 9.78 Å². The van der Waals surface area contributed by atoms with Crippen molar-refractivity contribution >= 4 is 11.9 Å². The Morgan fingerprint density at radius 3 is 3.00 bits per heavy atom. The first-order valence-electron chi connectivity index (χ1n) is 3.69. The van der Waals surface area contributed by atoms with Gasteiger partial charge in [0.25, 0.3) is 0 Å². The van der Waals surface area contributed by atoms with Crippen LogP contribution in [0, 0.1) is 0 Å². The summed E-state index contributed by atoms with van der Waals surface area (Å²) in [7, 11) is 1.84. The Hall–Kier alpha value is -1.52. The second-order valence-electron chi connectivity index (χ2n) is 2.63. The third kappa shape index (κ3) is 0.939. The van der Waals surface area contributed by atoms with E-state index in [9.17, 15) is 4.79 Å². The number of carbonyl (C=O) groups is 1. The van der Waals surface area contributed by atoms with Crippen LogP contribution in [0.4, 0.5) is 10.6 Å². The number of carbonyl (C=O) groups excluding carboxylic acids is 1. The molecule has 0 radical (unpaired) electrons. The van der Waals surface area contributed by atoms with Gasteiger partial charge in [0.1, 0.15) is 12.4 Å². The Bertz CT molecular complexity index is 307. The second kappa shape index (κ2) is 2.51. The van der Waals surface area contributed by atoms with E-state index in [1.165, 1.54) is 0 Å². The van der Waals surface area contributed by atoms with Gasteiger partial charge in [-0.3, -0.25) is 4.90 Å². The summed E-state index contributed by atoms with van der Waals surface area (Å²) < 4.78 is 6.57. The highest BCUT2D eigenvalue weighted by Crippen LogP contribution is 2.16. The molecule has 0 aliphatic carbocycles. The SMILES string of the molecule is Cn1cncc1N1CCOC1=O. The van der Waals surface area contributed by atoms with Crippen molar-refractivity contribution in [1.82, 2.24) is 9.55 Å². The molecular weight excluding hydrogens is 158 g/mol. The average molecular weight is 167 g/mol. The summed E-state index contributed by atoms with van der Waals surface area (Å²) in [5.74, 6) is 0.775. The zero-order valence-corrected chi connectivity index (χ0v) is 6.73. The van der Waals surface area contributed by atoms with Crippen LogP contribution in [-0.2, 0) is 11.8 Å². The number of hydrogen-bond donors (Lipinski definition) is 0. The number of imidazole rings is 1. The molecule has 0 saturated carbocycles. The predicted octanol–water partition coefficient (Wildman–Crippen LogP) is 0.377. The van der Waals surface area contributed by atoms with E-state index in [0.717, 1.165) is 5.82 Å². The van der Waals surface area contributed by atoms with Gasteiger partial charge >= 0.3 is 6.09 Å². The van der Waals surface area contributed by atoms with Crippen LogP contribution in [-0.4, -0.2) is 28.8 Å². The summed E-state index contributed by atoms with van der Waals surface area (Å²) in [5, 5.41) is 0. The molecule has 64 valence electrons. The first kappa shape index (κ1) is 7.15. The normalized spacial score (nSPS) is 16.8. The minimum atomic E-state index is -0.293. The number of amides is 1. The van der Waals surface area contributed by atoms with E-state index in [1.54, 1.807) is 22.0 Å². The minimum Gasteiger partial charge on any atom is -0.447 e. The molecule has 0 spiro atoms. The van der Waals surface area contributed by atoms with Gasteiger partial charge in [0.05, 0.1) is 19.1 Å². The van der Waals surface area contributed by atoms with Crippen molar-refractivity contribution in [2.45, 2.75) is 0 Å². The van der Waals surface area contributed by atoms with Crippen molar-refractivity contribution in [1.29, 1.82) is 0 Å². The zero-order valence-electron chi connectivity index (χ0n) is 6.73. The lowest BCUT2D eigenvalue weighted by Crippen LogP contribution is -2.25. The minimum absolute atomic E-state index is 0.293. The summed E-state index contributed by atoms with van der Waals surface area (Å²) in [6.45, 7) is 1.07. The molecule has 5 heteroatoms. The van der Waals surface area contributed by atoms with Crippen LogP contribution in [0.5, 0.6) is 0 Å². The molecule has 0 bridgehead atoms. The maximum absolute atomic E-state index is 11.1. The van der Waals surface area contributed by atoms with E-state index in [0.29, 0.717) is 13.2 Å². The van der Waals surface area contributed by atoms with Crippen LogP contribution < -0.4 is 4.90 Å². The fourth-order valence-electron chi connectivity index (χ4n) is 1.21. The van der Waals surface area contributed by atoms with Gasteiger partial charge in [0.2, 0.25) is 0 Å². The van der Waals surface area contributed by atoms with Crippen LogP contribution in [0.25, 0.3) is 0 Å². The van der Waals surface area contributed by atoms with Gasteiger partial charge in [-0.15, -0.1) is 0 Å². The largest absolute Gasteiger partial charge is 0.447 e. The molecule has 1 fully saturated rings. The third-order valence-electron chi connectivity index (χ3n) is 1.83. The number of ether oxygens (including phenoxy) is 1. The number of anilines is 1. The number of hydrogen-bond acceptors (Lipinski definition) is 3. The molecule has 0 atom stereocenters. The molecular formula is C7H9N3O2. The lowest BCUT2D eigenvalue weighted by atomic mass is 10.5. The van der Waals surface area contributed by atoms with Crippen molar-refractivity contribution < 1.29 is 9.53 Å². The quantitative estimate of drug-likeness (QED) is 0.607. The summed E-state index contributed by atoms with van der Waals surface area (Å²) in [4.78, 5) is 16.6. The van der Waals surface area contributed by atoms with Gasteiger partial charge in [-0.05, 0) is 0 Å². The standard InChI is InChI=1S/C7H9N3O2/c1-9-5-8-4-6(9)10-2-3-12-7(10)11/h4-5H,2-3H2,1H3. The number of rotatable bonds is 1. The molecule has 1 aromatic heterocycles. The van der Waals surface area contributed by atoms with Crippen LogP contribution in [0.3, 0.4) is 0 Å². The zero-order chi connectivity index (χ0) is 8.55. The highest BCUT2D eigenvalue weighted by molar-refractivity contribution is 5.88. The van der Waals surface area contributed by atoms with Crippen LogP contribution >= 0.6 is 0 Å². The van der Waals surface area contributed by atoms with Crippen molar-refractivity contribution in [2.75, 3.05) is 18.1 Å². The average Bonchev–Trinajstić information content (AvgIpc) is 2.59. The number of nitrogens with zero attached hydrogens (tertiary/aromatic N) is 3. The highest BCUT2D eigenvalue weighted by atomic mass is 16.6. The summed E-state index contributed by atoms with van der Waals surface area (Å²) in [5.41, 5.74) is 0. The molecule has 1 aliphatic rings. The Morgan fingerprint density at radius 1 is 1.67 bits per heavy atom. The van der Waals surface area contributed by atoms with E-state index >= 15 is 0 Å². The molecule has 1 saturated heterocycles. The first-order valence-corrected chi connectivity index (χ1v) is 3.69. The Balaban J connectivity index is 2.30. The van der Waals surface area contributed by atoms with Gasteiger partial charge in [0.15, 0.2) is 0 Å². The van der Waals surface area contributed by atoms with Gasteiger partial charge in [-0.1, -0.05) is 0 Å². The molecule has 0 unspecified atom stereocenters. The number of cyclic esters (lactones) is 1. The Kier molecular flexibility index (Phi) is 1.49. The second-order valence-corrected chi connectivity index (χ2v) is 2.63. The monoisotopic (exact) mass is 167 g/mol. The molecule has 2 heterocycles. The summed E-state index contributed by atoms with van der Waals surface area (Å²) >= 11 is 0. The van der Waals surface area contributed by atoms with Gasteiger partial charge in [-0.2, -0.15) is 0 Å². The van der Waals surface area contributed by atoms with Crippen LogP contribution in [0.1, 0.15) is 0 Å². The fraction of sp³-hybridized carbons (Fsp3) is 0.429. The fourth-order valence-corrected chi connectivity index (χ4v) is 1.21. The molecule has 2 rings (SSSR count). The molecule has 0 N–H and O–H groups in total. The van der Waals surface area contributed by atoms with E-state index in [-0.39, 0.29) is 6.09 Å². The molecule has 1 amide bonds. The van der Waals surface area contributed by atoms with Crippen LogP contribution in [0.15, 0.2) is 12.5 Å². The lowest BCUT2D eigenvalue weighted by molar-refractivity contribution is 0.181. The van der Waals surface area contributed by atoms with Gasteiger partial charge in [0, 0.05) is 7.05 Å². The summed E-state index contributed by atoms with van der Waals surface area (Å²) in [6.07, 6.45) is 3.01.